The third-order valence-electron chi connectivity index (χ3n) is 1.60. The number of hydrogen-bond acceptors (Lipinski definition) is 2. The molecular weight excluding hydrogens is 140 g/mol. The molecule has 1 rings (SSSR count). The van der Waals surface area contributed by atoms with E-state index in [1.807, 2.05) is 24.7 Å². The van der Waals surface area contributed by atoms with Gasteiger partial charge in [0.05, 0.1) is 12.1 Å². The van der Waals surface area contributed by atoms with Crippen molar-refractivity contribution in [2.75, 3.05) is 7.11 Å². The van der Waals surface area contributed by atoms with Crippen molar-refractivity contribution >= 4 is 0 Å². The van der Waals surface area contributed by atoms with Crippen molar-refractivity contribution in [2.45, 2.75) is 26.0 Å². The zero-order valence-electron chi connectivity index (χ0n) is 7.16. The molecule has 0 unspecified atom stereocenters. The molecule has 1 radical (unpaired) electrons. The summed E-state index contributed by atoms with van der Waals surface area (Å²) in [6.07, 6.45) is 4.61. The van der Waals surface area contributed by atoms with E-state index in [0.717, 1.165) is 6.54 Å². The lowest BCUT2D eigenvalue weighted by Crippen LogP contribution is -2.29. The molecule has 1 heterocycles. The van der Waals surface area contributed by atoms with Crippen LogP contribution in [0.2, 0.25) is 0 Å². The Kier molecular flexibility index (Phi) is 2.29. The summed E-state index contributed by atoms with van der Waals surface area (Å²) in [4.78, 5) is 0. The van der Waals surface area contributed by atoms with Crippen LogP contribution in [0, 0.1) is 6.20 Å². The number of nitrogens with zero attached hydrogens (tertiary/aromatic N) is 2. The molecule has 1 aromatic heterocycles. The van der Waals surface area contributed by atoms with Crippen LogP contribution in [0.1, 0.15) is 13.8 Å². The number of aromatic nitrogens is 2. The van der Waals surface area contributed by atoms with E-state index >= 15 is 0 Å². The predicted molar refractivity (Wildman–Crippen MR) is 42.2 cm³/mol. The molecule has 3 heteroatoms. The van der Waals surface area contributed by atoms with Crippen molar-refractivity contribution in [1.29, 1.82) is 0 Å². The minimum atomic E-state index is -0.153. The van der Waals surface area contributed by atoms with Gasteiger partial charge < -0.3 is 4.74 Å². The topological polar surface area (TPSA) is 27.1 Å². The number of methoxy groups -OCH3 is 1. The quantitative estimate of drug-likeness (QED) is 0.650. The Hall–Kier alpha value is -0.830. The number of ether oxygens (including phenoxy) is 1. The van der Waals surface area contributed by atoms with E-state index in [9.17, 15) is 0 Å². The highest BCUT2D eigenvalue weighted by Gasteiger charge is 2.16. The van der Waals surface area contributed by atoms with Crippen LogP contribution in [0.3, 0.4) is 0 Å². The van der Waals surface area contributed by atoms with E-state index in [1.165, 1.54) is 0 Å². The van der Waals surface area contributed by atoms with Gasteiger partial charge in [-0.25, -0.2) is 0 Å². The molecule has 0 N–H and O–H groups in total. The first-order chi connectivity index (χ1) is 5.14. The minimum absolute atomic E-state index is 0.153. The normalized spacial score (nSPS) is 11.9. The molecule has 0 amide bonds. The summed E-state index contributed by atoms with van der Waals surface area (Å²) >= 11 is 0. The van der Waals surface area contributed by atoms with Gasteiger partial charge in [0.1, 0.15) is 6.20 Å². The van der Waals surface area contributed by atoms with Gasteiger partial charge in [0.25, 0.3) is 0 Å². The molecule has 0 spiro atoms. The van der Waals surface area contributed by atoms with Crippen LogP contribution < -0.4 is 0 Å². The first-order valence-corrected chi connectivity index (χ1v) is 3.59. The van der Waals surface area contributed by atoms with Crippen molar-refractivity contribution in [3.05, 3.63) is 18.5 Å². The van der Waals surface area contributed by atoms with Crippen molar-refractivity contribution < 1.29 is 4.74 Å². The Bertz CT molecular complexity index is 204. The van der Waals surface area contributed by atoms with Gasteiger partial charge in [-0.05, 0) is 19.9 Å². The van der Waals surface area contributed by atoms with Gasteiger partial charge in [0.15, 0.2) is 0 Å². The molecule has 0 bridgehead atoms. The second-order valence-corrected chi connectivity index (χ2v) is 3.11. The fraction of sp³-hybridized carbons (Fsp3) is 0.625. The molecule has 0 saturated heterocycles. The van der Waals surface area contributed by atoms with Crippen molar-refractivity contribution in [3.63, 3.8) is 0 Å². The predicted octanol–water partition coefficient (Wildman–Crippen LogP) is 1.11. The molecule has 61 valence electrons. The van der Waals surface area contributed by atoms with Gasteiger partial charge >= 0.3 is 0 Å². The van der Waals surface area contributed by atoms with Crippen LogP contribution in [0.25, 0.3) is 0 Å². The molecular formula is C8H13N2O. The monoisotopic (exact) mass is 153 g/mol. The third kappa shape index (κ3) is 2.35. The second-order valence-electron chi connectivity index (χ2n) is 3.11. The fourth-order valence-corrected chi connectivity index (χ4v) is 0.803. The third-order valence-corrected chi connectivity index (χ3v) is 1.60. The Labute approximate surface area is 67.0 Å². The molecule has 0 aromatic carbocycles. The second kappa shape index (κ2) is 3.05. The van der Waals surface area contributed by atoms with Crippen LogP contribution in [0.4, 0.5) is 0 Å². The van der Waals surface area contributed by atoms with Gasteiger partial charge in [-0.1, -0.05) is 0 Å². The zero-order chi connectivity index (χ0) is 8.32. The zero-order valence-corrected chi connectivity index (χ0v) is 7.16. The van der Waals surface area contributed by atoms with Gasteiger partial charge in [-0.3, -0.25) is 4.68 Å². The molecule has 11 heavy (non-hydrogen) atoms. The Morgan fingerprint density at radius 1 is 1.64 bits per heavy atom. The Morgan fingerprint density at radius 3 is 2.82 bits per heavy atom. The van der Waals surface area contributed by atoms with Crippen LogP contribution >= 0.6 is 0 Å². The van der Waals surface area contributed by atoms with E-state index in [0.29, 0.717) is 0 Å². The summed E-state index contributed by atoms with van der Waals surface area (Å²) in [6, 6.07) is 1.78. The molecule has 0 atom stereocenters. The van der Waals surface area contributed by atoms with Gasteiger partial charge in [-0.15, -0.1) is 0 Å². The van der Waals surface area contributed by atoms with Crippen LogP contribution in [0.15, 0.2) is 12.3 Å². The maximum Gasteiger partial charge on any atom is 0.113 e. The molecule has 0 fully saturated rings. The van der Waals surface area contributed by atoms with Gasteiger partial charge in [0.2, 0.25) is 0 Å². The molecule has 1 aromatic rings. The standard InChI is InChI=1S/C8H13N2O/c1-8(2,11-3)7-10-6-4-5-9-10/h4,6H,7H2,1-3H3. The highest BCUT2D eigenvalue weighted by Crippen LogP contribution is 2.09. The van der Waals surface area contributed by atoms with Crippen LogP contribution in [-0.2, 0) is 11.3 Å². The first-order valence-electron chi connectivity index (χ1n) is 3.59. The summed E-state index contributed by atoms with van der Waals surface area (Å²) in [6.45, 7) is 4.80. The van der Waals surface area contributed by atoms with E-state index in [4.69, 9.17) is 4.74 Å². The highest BCUT2D eigenvalue weighted by atomic mass is 16.5. The van der Waals surface area contributed by atoms with Crippen LogP contribution in [-0.4, -0.2) is 22.5 Å². The molecule has 0 saturated carbocycles. The summed E-state index contributed by atoms with van der Waals surface area (Å²) in [5, 5.41) is 3.96. The van der Waals surface area contributed by atoms with Crippen molar-refractivity contribution in [3.8, 4) is 0 Å². The number of hydrogen-bond donors (Lipinski definition) is 0. The molecule has 0 aliphatic rings. The number of rotatable bonds is 3. The fourth-order valence-electron chi connectivity index (χ4n) is 0.803. The van der Waals surface area contributed by atoms with Crippen molar-refractivity contribution in [1.82, 2.24) is 9.78 Å². The van der Waals surface area contributed by atoms with Gasteiger partial charge in [0, 0.05) is 13.3 Å². The molecule has 0 aliphatic heterocycles. The molecule has 0 aliphatic carbocycles. The highest BCUT2D eigenvalue weighted by molar-refractivity contribution is 4.78. The maximum atomic E-state index is 5.24. The summed E-state index contributed by atoms with van der Waals surface area (Å²) < 4.78 is 7.05. The first kappa shape index (κ1) is 8.27. The lowest BCUT2D eigenvalue weighted by atomic mass is 10.1. The maximum absolute atomic E-state index is 5.24. The lowest BCUT2D eigenvalue weighted by Gasteiger charge is -2.22. The average Bonchev–Trinajstić information content (AvgIpc) is 2.39. The van der Waals surface area contributed by atoms with Crippen LogP contribution in [0.5, 0.6) is 0 Å². The van der Waals surface area contributed by atoms with E-state index < -0.39 is 0 Å². The molecule has 3 nitrogen and oxygen atoms in total. The summed E-state index contributed by atoms with van der Waals surface area (Å²) in [7, 11) is 1.70. The largest absolute Gasteiger partial charge is 0.377 e. The lowest BCUT2D eigenvalue weighted by molar-refractivity contribution is 0.00539. The van der Waals surface area contributed by atoms with E-state index in [-0.39, 0.29) is 5.60 Å². The van der Waals surface area contributed by atoms with Gasteiger partial charge in [-0.2, -0.15) is 5.10 Å². The average molecular weight is 153 g/mol. The van der Waals surface area contributed by atoms with Crippen molar-refractivity contribution in [2.24, 2.45) is 0 Å². The Balaban J connectivity index is 2.56. The summed E-state index contributed by atoms with van der Waals surface area (Å²) in [5.74, 6) is 0. The SMILES string of the molecule is COC(C)(C)Cn1cc[c]n1. The smallest absolute Gasteiger partial charge is 0.113 e. The van der Waals surface area contributed by atoms with E-state index in [1.54, 1.807) is 13.2 Å². The summed E-state index contributed by atoms with van der Waals surface area (Å²) in [5.41, 5.74) is -0.153. The minimum Gasteiger partial charge on any atom is -0.377 e. The van der Waals surface area contributed by atoms with E-state index in [2.05, 4.69) is 11.3 Å². The Morgan fingerprint density at radius 2 is 2.36 bits per heavy atom.